The summed E-state index contributed by atoms with van der Waals surface area (Å²) in [7, 11) is 4.09. The molecule has 1 saturated heterocycles. The van der Waals surface area contributed by atoms with Crippen LogP contribution in [-0.2, 0) is 11.8 Å². The van der Waals surface area contributed by atoms with Crippen LogP contribution in [0.2, 0.25) is 0 Å². The number of morpholine rings is 1. The SMILES string of the molecule is CN1CCO[C@@H](CNC(c2cncc(F)c2)C2CC2)[C@@H]1c1ccnn1C. The minimum atomic E-state index is -0.281. The van der Waals surface area contributed by atoms with E-state index in [2.05, 4.69) is 33.4 Å². The van der Waals surface area contributed by atoms with Crippen molar-refractivity contribution in [2.24, 2.45) is 13.0 Å². The van der Waals surface area contributed by atoms with Crippen LogP contribution in [0.3, 0.4) is 0 Å². The molecule has 2 fully saturated rings. The van der Waals surface area contributed by atoms with Crippen LogP contribution in [0.1, 0.15) is 36.2 Å². The number of aromatic nitrogens is 3. The second-order valence-electron chi connectivity index (χ2n) is 7.37. The fourth-order valence-corrected chi connectivity index (χ4v) is 3.95. The zero-order valence-corrected chi connectivity index (χ0v) is 15.3. The first kappa shape index (κ1) is 17.6. The summed E-state index contributed by atoms with van der Waals surface area (Å²) in [5.74, 6) is 0.270. The molecule has 0 amide bonds. The molecule has 6 nitrogen and oxygen atoms in total. The Balaban J connectivity index is 1.50. The Morgan fingerprint density at radius 3 is 2.88 bits per heavy atom. The highest BCUT2D eigenvalue weighted by Crippen LogP contribution is 2.41. The van der Waals surface area contributed by atoms with Crippen molar-refractivity contribution in [3.8, 4) is 0 Å². The summed E-state index contributed by atoms with van der Waals surface area (Å²) in [5, 5.41) is 7.95. The number of halogens is 1. The van der Waals surface area contributed by atoms with Crippen molar-refractivity contribution in [2.45, 2.75) is 31.0 Å². The number of hydrogen-bond acceptors (Lipinski definition) is 5. The molecule has 1 aliphatic carbocycles. The molecule has 3 heterocycles. The van der Waals surface area contributed by atoms with E-state index in [-0.39, 0.29) is 24.0 Å². The smallest absolute Gasteiger partial charge is 0.141 e. The molecule has 7 heteroatoms. The van der Waals surface area contributed by atoms with Crippen LogP contribution in [0.5, 0.6) is 0 Å². The molecular formula is C19H26FN5O. The van der Waals surface area contributed by atoms with Gasteiger partial charge in [0, 0.05) is 38.6 Å². The molecule has 3 atom stereocenters. The van der Waals surface area contributed by atoms with Gasteiger partial charge < -0.3 is 10.1 Å². The predicted molar refractivity (Wildman–Crippen MR) is 96.0 cm³/mol. The Morgan fingerprint density at radius 1 is 1.35 bits per heavy atom. The lowest BCUT2D eigenvalue weighted by molar-refractivity contribution is -0.0649. The third-order valence-electron chi connectivity index (χ3n) is 5.48. The first-order chi connectivity index (χ1) is 12.6. The minimum absolute atomic E-state index is 0.0203. The number of hydrogen-bond donors (Lipinski definition) is 1. The quantitative estimate of drug-likeness (QED) is 0.856. The van der Waals surface area contributed by atoms with Crippen molar-refractivity contribution in [1.82, 2.24) is 25.0 Å². The van der Waals surface area contributed by atoms with E-state index in [4.69, 9.17) is 4.74 Å². The standard InChI is InChI=1S/C19H26FN5O/c1-24-7-8-26-17(19(24)16-5-6-23-25(16)2)12-22-18(13-3-4-13)14-9-15(20)11-21-10-14/h5-6,9-11,13,17-19,22H,3-4,7-8,12H2,1-2H3/t17-,18?,19-/m0/s1. The average molecular weight is 359 g/mol. The number of likely N-dealkylation sites (N-methyl/N-ethyl adjacent to an activating group) is 1. The number of ether oxygens (including phenoxy) is 1. The summed E-state index contributed by atoms with van der Waals surface area (Å²) in [6.07, 6.45) is 7.21. The third kappa shape index (κ3) is 3.65. The predicted octanol–water partition coefficient (Wildman–Crippen LogP) is 2.07. The molecule has 2 aromatic rings. The maximum Gasteiger partial charge on any atom is 0.141 e. The number of pyridine rings is 1. The molecule has 2 aliphatic rings. The molecule has 1 N–H and O–H groups in total. The van der Waals surface area contributed by atoms with Crippen molar-refractivity contribution in [1.29, 1.82) is 0 Å². The van der Waals surface area contributed by atoms with E-state index in [9.17, 15) is 4.39 Å². The first-order valence-electron chi connectivity index (χ1n) is 9.27. The van der Waals surface area contributed by atoms with Gasteiger partial charge in [-0.25, -0.2) is 4.39 Å². The fourth-order valence-electron chi connectivity index (χ4n) is 3.95. The minimum Gasteiger partial charge on any atom is -0.374 e. The highest BCUT2D eigenvalue weighted by Gasteiger charge is 2.36. The highest BCUT2D eigenvalue weighted by atomic mass is 19.1. The fraction of sp³-hybridized carbons (Fsp3) is 0.579. The molecule has 140 valence electrons. The summed E-state index contributed by atoms with van der Waals surface area (Å²) >= 11 is 0. The molecular weight excluding hydrogens is 333 g/mol. The van der Waals surface area contributed by atoms with Crippen LogP contribution in [0.15, 0.2) is 30.7 Å². The second-order valence-corrected chi connectivity index (χ2v) is 7.37. The monoisotopic (exact) mass is 359 g/mol. The molecule has 0 spiro atoms. The van der Waals surface area contributed by atoms with Crippen LogP contribution >= 0.6 is 0 Å². The Kier molecular flexibility index (Phi) is 5.02. The van der Waals surface area contributed by atoms with E-state index in [1.807, 2.05) is 17.9 Å². The van der Waals surface area contributed by atoms with Gasteiger partial charge in [0.15, 0.2) is 0 Å². The lowest BCUT2D eigenvalue weighted by Gasteiger charge is -2.39. The molecule has 0 aromatic carbocycles. The second kappa shape index (κ2) is 7.42. The van der Waals surface area contributed by atoms with Gasteiger partial charge in [-0.3, -0.25) is 14.6 Å². The van der Waals surface area contributed by atoms with Gasteiger partial charge in [-0.2, -0.15) is 5.10 Å². The van der Waals surface area contributed by atoms with Gasteiger partial charge in [0.2, 0.25) is 0 Å². The van der Waals surface area contributed by atoms with E-state index < -0.39 is 0 Å². The maximum absolute atomic E-state index is 13.6. The van der Waals surface area contributed by atoms with E-state index >= 15 is 0 Å². The van der Waals surface area contributed by atoms with Gasteiger partial charge in [0.05, 0.1) is 30.6 Å². The summed E-state index contributed by atoms with van der Waals surface area (Å²) in [6, 6.07) is 3.92. The molecule has 1 unspecified atom stereocenters. The van der Waals surface area contributed by atoms with Crippen molar-refractivity contribution < 1.29 is 9.13 Å². The Morgan fingerprint density at radius 2 is 2.19 bits per heavy atom. The normalized spacial score (nSPS) is 25.3. The summed E-state index contributed by atoms with van der Waals surface area (Å²) in [4.78, 5) is 6.35. The molecule has 26 heavy (non-hydrogen) atoms. The van der Waals surface area contributed by atoms with Crippen molar-refractivity contribution >= 4 is 0 Å². The van der Waals surface area contributed by atoms with Crippen LogP contribution in [0, 0.1) is 11.7 Å². The van der Waals surface area contributed by atoms with Gasteiger partial charge >= 0.3 is 0 Å². The Bertz CT molecular complexity index is 747. The number of nitrogens with one attached hydrogen (secondary N) is 1. The number of nitrogens with zero attached hydrogens (tertiary/aromatic N) is 4. The molecule has 0 bridgehead atoms. The van der Waals surface area contributed by atoms with Gasteiger partial charge in [-0.05, 0) is 43.5 Å². The first-order valence-corrected chi connectivity index (χ1v) is 9.27. The van der Waals surface area contributed by atoms with Crippen LogP contribution in [0.25, 0.3) is 0 Å². The Hall–Kier alpha value is -1.83. The summed E-state index contributed by atoms with van der Waals surface area (Å²) < 4.78 is 21.6. The molecule has 0 radical (unpaired) electrons. The zero-order valence-electron chi connectivity index (χ0n) is 15.3. The summed E-state index contributed by atoms with van der Waals surface area (Å²) in [6.45, 7) is 2.32. The van der Waals surface area contributed by atoms with Crippen LogP contribution in [0.4, 0.5) is 4.39 Å². The van der Waals surface area contributed by atoms with Crippen molar-refractivity contribution in [2.75, 3.05) is 26.7 Å². The Labute approximate surface area is 153 Å². The maximum atomic E-state index is 13.6. The lowest BCUT2D eigenvalue weighted by Crippen LogP contribution is -2.48. The number of aryl methyl sites for hydroxylation is 1. The van der Waals surface area contributed by atoms with E-state index in [0.717, 1.165) is 17.8 Å². The van der Waals surface area contributed by atoms with E-state index in [1.165, 1.54) is 19.0 Å². The zero-order chi connectivity index (χ0) is 18.1. The summed E-state index contributed by atoms with van der Waals surface area (Å²) in [5.41, 5.74) is 2.07. The lowest BCUT2D eigenvalue weighted by atomic mass is 10.0. The molecule has 4 rings (SSSR count). The average Bonchev–Trinajstić information content (AvgIpc) is 3.37. The molecule has 2 aromatic heterocycles. The number of rotatable bonds is 6. The van der Waals surface area contributed by atoms with Crippen molar-refractivity contribution in [3.63, 3.8) is 0 Å². The molecule has 1 aliphatic heterocycles. The van der Waals surface area contributed by atoms with Crippen LogP contribution < -0.4 is 5.32 Å². The van der Waals surface area contributed by atoms with Gasteiger partial charge in [-0.1, -0.05) is 0 Å². The third-order valence-corrected chi connectivity index (χ3v) is 5.48. The van der Waals surface area contributed by atoms with E-state index in [1.54, 1.807) is 12.3 Å². The topological polar surface area (TPSA) is 55.2 Å². The van der Waals surface area contributed by atoms with Gasteiger partial charge in [0.1, 0.15) is 5.82 Å². The highest BCUT2D eigenvalue weighted by molar-refractivity contribution is 5.18. The van der Waals surface area contributed by atoms with E-state index in [0.29, 0.717) is 19.1 Å². The van der Waals surface area contributed by atoms with Gasteiger partial charge in [0.25, 0.3) is 0 Å². The van der Waals surface area contributed by atoms with Crippen LogP contribution in [-0.4, -0.2) is 52.5 Å². The van der Waals surface area contributed by atoms with Crippen molar-refractivity contribution in [3.05, 3.63) is 47.8 Å². The van der Waals surface area contributed by atoms with Gasteiger partial charge in [-0.15, -0.1) is 0 Å². The molecule has 1 saturated carbocycles. The largest absolute Gasteiger partial charge is 0.374 e.